The van der Waals surface area contributed by atoms with E-state index in [-0.39, 0.29) is 11.8 Å². The highest BCUT2D eigenvalue weighted by Crippen LogP contribution is 2.29. The Morgan fingerprint density at radius 2 is 2.00 bits per heavy atom. The first-order chi connectivity index (χ1) is 10.2. The summed E-state index contributed by atoms with van der Waals surface area (Å²) < 4.78 is 27.4. The molecule has 4 nitrogen and oxygen atoms in total. The SMILES string of the molecule is O=S(=O)(CC1CCCCN1)N1CCCCc2ccccc21. The van der Waals surface area contributed by atoms with Crippen molar-refractivity contribution in [1.29, 1.82) is 0 Å². The normalized spacial score (nSPS) is 23.4. The number of sulfonamides is 1. The number of benzene rings is 1. The Balaban J connectivity index is 1.84. The Bertz CT molecular complexity index is 580. The van der Waals surface area contributed by atoms with E-state index < -0.39 is 10.0 Å². The molecule has 1 aromatic rings. The standard InChI is InChI=1S/C16H24N2O2S/c19-21(20,13-15-9-3-5-11-17-15)18-12-6-4-8-14-7-1-2-10-16(14)18/h1-2,7,10,15,17H,3-6,8-9,11-13H2. The van der Waals surface area contributed by atoms with Crippen LogP contribution in [0.25, 0.3) is 0 Å². The Labute approximate surface area is 127 Å². The molecule has 1 atom stereocenters. The molecule has 0 radical (unpaired) electrons. The highest BCUT2D eigenvalue weighted by atomic mass is 32.2. The highest BCUT2D eigenvalue weighted by Gasteiger charge is 2.29. The van der Waals surface area contributed by atoms with E-state index in [2.05, 4.69) is 11.4 Å². The van der Waals surface area contributed by atoms with Gasteiger partial charge in [-0.3, -0.25) is 4.31 Å². The largest absolute Gasteiger partial charge is 0.313 e. The van der Waals surface area contributed by atoms with Crippen molar-refractivity contribution in [3.05, 3.63) is 29.8 Å². The van der Waals surface area contributed by atoms with Crippen molar-refractivity contribution in [3.63, 3.8) is 0 Å². The summed E-state index contributed by atoms with van der Waals surface area (Å²) in [6, 6.07) is 8.05. The first kappa shape index (κ1) is 14.9. The van der Waals surface area contributed by atoms with Gasteiger partial charge in [0.15, 0.2) is 0 Å². The summed E-state index contributed by atoms with van der Waals surface area (Å²) in [5, 5.41) is 3.35. The topological polar surface area (TPSA) is 49.4 Å². The van der Waals surface area contributed by atoms with E-state index >= 15 is 0 Å². The maximum Gasteiger partial charge on any atom is 0.236 e. The first-order valence-corrected chi connectivity index (χ1v) is 9.59. The smallest absolute Gasteiger partial charge is 0.236 e. The first-order valence-electron chi connectivity index (χ1n) is 7.98. The number of hydrogen-bond acceptors (Lipinski definition) is 3. The fourth-order valence-corrected chi connectivity index (χ4v) is 5.21. The van der Waals surface area contributed by atoms with Crippen LogP contribution < -0.4 is 9.62 Å². The summed E-state index contributed by atoms with van der Waals surface area (Å²) in [5.41, 5.74) is 2.06. The molecule has 2 aliphatic heterocycles. The minimum Gasteiger partial charge on any atom is -0.313 e. The summed E-state index contributed by atoms with van der Waals surface area (Å²) in [4.78, 5) is 0. The minimum atomic E-state index is -3.25. The van der Waals surface area contributed by atoms with E-state index in [1.54, 1.807) is 4.31 Å². The molecule has 0 aromatic heterocycles. The second kappa shape index (κ2) is 6.36. The predicted molar refractivity (Wildman–Crippen MR) is 86.2 cm³/mol. The van der Waals surface area contributed by atoms with Gasteiger partial charge in [0.05, 0.1) is 11.4 Å². The Morgan fingerprint density at radius 1 is 1.14 bits per heavy atom. The molecule has 1 N–H and O–H groups in total. The molecular formula is C16H24N2O2S. The lowest BCUT2D eigenvalue weighted by Gasteiger charge is -2.29. The number of rotatable bonds is 3. The average molecular weight is 308 g/mol. The molecule has 2 aliphatic rings. The second-order valence-electron chi connectivity index (χ2n) is 6.08. The van der Waals surface area contributed by atoms with E-state index in [0.29, 0.717) is 6.54 Å². The number of fused-ring (bicyclic) bond motifs is 1. The molecular weight excluding hydrogens is 284 g/mol. The summed E-state index contributed by atoms with van der Waals surface area (Å²) >= 11 is 0. The maximum atomic E-state index is 12.9. The van der Waals surface area contributed by atoms with Crippen LogP contribution in [0.3, 0.4) is 0 Å². The number of piperidine rings is 1. The molecule has 116 valence electrons. The lowest BCUT2D eigenvalue weighted by atomic mass is 10.1. The fraction of sp³-hybridized carbons (Fsp3) is 0.625. The van der Waals surface area contributed by atoms with Gasteiger partial charge in [0.1, 0.15) is 0 Å². The van der Waals surface area contributed by atoms with Crippen molar-refractivity contribution in [1.82, 2.24) is 5.32 Å². The van der Waals surface area contributed by atoms with E-state index in [9.17, 15) is 8.42 Å². The van der Waals surface area contributed by atoms with Gasteiger partial charge in [0.25, 0.3) is 0 Å². The van der Waals surface area contributed by atoms with Gasteiger partial charge in [-0.15, -0.1) is 0 Å². The number of hydrogen-bond donors (Lipinski definition) is 1. The molecule has 0 bridgehead atoms. The third kappa shape index (κ3) is 3.40. The van der Waals surface area contributed by atoms with Crippen molar-refractivity contribution in [2.24, 2.45) is 0 Å². The molecule has 1 saturated heterocycles. The fourth-order valence-electron chi connectivity index (χ4n) is 3.36. The molecule has 1 aromatic carbocycles. The van der Waals surface area contributed by atoms with Crippen LogP contribution in [0.15, 0.2) is 24.3 Å². The van der Waals surface area contributed by atoms with Crippen LogP contribution in [-0.4, -0.2) is 33.3 Å². The van der Waals surface area contributed by atoms with Crippen LogP contribution in [-0.2, 0) is 16.4 Å². The van der Waals surface area contributed by atoms with Gasteiger partial charge in [0.2, 0.25) is 10.0 Å². The van der Waals surface area contributed by atoms with Crippen LogP contribution in [0.2, 0.25) is 0 Å². The van der Waals surface area contributed by atoms with Gasteiger partial charge in [-0.2, -0.15) is 0 Å². The van der Waals surface area contributed by atoms with Crippen LogP contribution >= 0.6 is 0 Å². The quantitative estimate of drug-likeness (QED) is 0.932. The molecule has 3 rings (SSSR count). The second-order valence-corrected chi connectivity index (χ2v) is 8.02. The Hall–Kier alpha value is -1.07. The van der Waals surface area contributed by atoms with Crippen LogP contribution in [0.1, 0.15) is 37.7 Å². The van der Waals surface area contributed by atoms with Crippen molar-refractivity contribution in [2.75, 3.05) is 23.1 Å². The van der Waals surface area contributed by atoms with E-state index in [4.69, 9.17) is 0 Å². The average Bonchev–Trinajstić information content (AvgIpc) is 2.70. The number of para-hydroxylation sites is 1. The number of anilines is 1. The Kier molecular flexibility index (Phi) is 4.50. The molecule has 1 unspecified atom stereocenters. The summed E-state index contributed by atoms with van der Waals surface area (Å²) in [5.74, 6) is 0.224. The zero-order valence-electron chi connectivity index (χ0n) is 12.4. The van der Waals surface area contributed by atoms with E-state index in [0.717, 1.165) is 56.3 Å². The minimum absolute atomic E-state index is 0.110. The van der Waals surface area contributed by atoms with Crippen LogP contribution in [0.4, 0.5) is 5.69 Å². The van der Waals surface area contributed by atoms with Gasteiger partial charge >= 0.3 is 0 Å². The lowest BCUT2D eigenvalue weighted by molar-refractivity contribution is 0.423. The van der Waals surface area contributed by atoms with Crippen molar-refractivity contribution in [3.8, 4) is 0 Å². The van der Waals surface area contributed by atoms with Gasteiger partial charge < -0.3 is 5.32 Å². The zero-order valence-corrected chi connectivity index (χ0v) is 13.2. The molecule has 0 spiro atoms. The third-order valence-corrected chi connectivity index (χ3v) is 6.35. The third-order valence-electron chi connectivity index (χ3n) is 4.48. The van der Waals surface area contributed by atoms with Crippen molar-refractivity contribution < 1.29 is 8.42 Å². The molecule has 21 heavy (non-hydrogen) atoms. The van der Waals surface area contributed by atoms with Crippen molar-refractivity contribution in [2.45, 2.75) is 44.6 Å². The highest BCUT2D eigenvalue weighted by molar-refractivity contribution is 7.92. The Morgan fingerprint density at radius 3 is 2.81 bits per heavy atom. The predicted octanol–water partition coefficient (Wildman–Crippen LogP) is 2.30. The molecule has 0 saturated carbocycles. The molecule has 1 fully saturated rings. The molecule has 2 heterocycles. The molecule has 5 heteroatoms. The molecule has 0 amide bonds. The van der Waals surface area contributed by atoms with Gasteiger partial charge in [0, 0.05) is 12.6 Å². The monoisotopic (exact) mass is 308 g/mol. The molecule has 0 aliphatic carbocycles. The summed E-state index contributed by atoms with van der Waals surface area (Å²) in [6.07, 6.45) is 6.22. The van der Waals surface area contributed by atoms with E-state index in [1.807, 2.05) is 18.2 Å². The van der Waals surface area contributed by atoms with Crippen LogP contribution in [0, 0.1) is 0 Å². The lowest BCUT2D eigenvalue weighted by Crippen LogP contribution is -2.44. The maximum absolute atomic E-state index is 12.9. The van der Waals surface area contributed by atoms with Crippen molar-refractivity contribution >= 4 is 15.7 Å². The number of nitrogens with zero attached hydrogens (tertiary/aromatic N) is 1. The summed E-state index contributed by atoms with van der Waals surface area (Å²) in [6.45, 7) is 1.56. The van der Waals surface area contributed by atoms with Crippen LogP contribution in [0.5, 0.6) is 0 Å². The summed E-state index contributed by atoms with van der Waals surface area (Å²) in [7, 11) is -3.25. The van der Waals surface area contributed by atoms with Gasteiger partial charge in [-0.25, -0.2) is 8.42 Å². The van der Waals surface area contributed by atoms with Gasteiger partial charge in [-0.1, -0.05) is 24.6 Å². The van der Waals surface area contributed by atoms with E-state index in [1.165, 1.54) is 0 Å². The number of nitrogens with one attached hydrogen (secondary N) is 1. The number of aryl methyl sites for hydroxylation is 1. The van der Waals surface area contributed by atoms with Gasteiger partial charge in [-0.05, 0) is 50.3 Å². The zero-order chi connectivity index (χ0) is 14.7.